The van der Waals surface area contributed by atoms with Crippen molar-refractivity contribution >= 4 is 12.1 Å². The number of ether oxygens (including phenoxy) is 2. The lowest BCUT2D eigenvalue weighted by Gasteiger charge is -2.37. The van der Waals surface area contributed by atoms with Crippen molar-refractivity contribution in [3.05, 3.63) is 35.9 Å². The molecule has 0 aromatic heterocycles. The molecule has 1 aliphatic rings. The van der Waals surface area contributed by atoms with Crippen LogP contribution in [0.1, 0.15) is 32.3 Å². The van der Waals surface area contributed by atoms with E-state index in [1.165, 1.54) is 0 Å². The average molecular weight is 320 g/mol. The number of alkyl carbamates (subject to hydrolysis) is 1. The van der Waals surface area contributed by atoms with Crippen LogP contribution in [-0.4, -0.2) is 36.8 Å². The Bertz CT molecular complexity index is 515. The standard InChI is InChI=1S/C17H24N2O4/c1-3-22-16(20)12(2)18-14-9-15(10-14)19-17(21)23-11-13-7-5-4-6-8-13/h4-8,12,14-15,18H,3,9-11H2,1-2H3,(H,19,21). The van der Waals surface area contributed by atoms with Crippen molar-refractivity contribution in [2.24, 2.45) is 0 Å². The second kappa shape index (κ2) is 8.53. The zero-order valence-electron chi connectivity index (χ0n) is 13.6. The molecule has 1 aromatic rings. The molecule has 1 saturated carbocycles. The molecule has 0 bridgehead atoms. The number of hydrogen-bond donors (Lipinski definition) is 2. The first-order chi connectivity index (χ1) is 11.1. The third kappa shape index (κ3) is 5.56. The molecular weight excluding hydrogens is 296 g/mol. The largest absolute Gasteiger partial charge is 0.465 e. The number of benzene rings is 1. The van der Waals surface area contributed by atoms with Gasteiger partial charge in [-0.05, 0) is 32.3 Å². The lowest BCUT2D eigenvalue weighted by Crippen LogP contribution is -2.55. The molecule has 6 heteroatoms. The third-order valence-electron chi connectivity index (χ3n) is 3.80. The molecule has 0 spiro atoms. The molecule has 126 valence electrons. The fourth-order valence-corrected chi connectivity index (χ4v) is 2.49. The fraction of sp³-hybridized carbons (Fsp3) is 0.529. The summed E-state index contributed by atoms with van der Waals surface area (Å²) < 4.78 is 10.1. The molecule has 1 aromatic carbocycles. The summed E-state index contributed by atoms with van der Waals surface area (Å²) >= 11 is 0. The Morgan fingerprint density at radius 1 is 1.17 bits per heavy atom. The van der Waals surface area contributed by atoms with Crippen LogP contribution in [0.15, 0.2) is 30.3 Å². The SMILES string of the molecule is CCOC(=O)C(C)NC1CC(NC(=O)OCc2ccccc2)C1. The molecule has 2 rings (SSSR count). The highest BCUT2D eigenvalue weighted by atomic mass is 16.5. The van der Waals surface area contributed by atoms with Crippen LogP contribution in [-0.2, 0) is 20.9 Å². The zero-order chi connectivity index (χ0) is 16.7. The summed E-state index contributed by atoms with van der Waals surface area (Å²) in [6.45, 7) is 4.22. The number of hydrogen-bond acceptors (Lipinski definition) is 5. The minimum atomic E-state index is -0.407. The average Bonchev–Trinajstić information content (AvgIpc) is 2.52. The Balaban J connectivity index is 1.60. The van der Waals surface area contributed by atoms with Crippen LogP contribution in [0.25, 0.3) is 0 Å². The normalized spacial score (nSPS) is 21.0. The van der Waals surface area contributed by atoms with Gasteiger partial charge in [-0.15, -0.1) is 0 Å². The van der Waals surface area contributed by atoms with Crippen molar-refractivity contribution in [2.45, 2.75) is 51.4 Å². The van der Waals surface area contributed by atoms with Crippen LogP contribution in [0, 0.1) is 0 Å². The van der Waals surface area contributed by atoms with Crippen molar-refractivity contribution in [1.29, 1.82) is 0 Å². The van der Waals surface area contributed by atoms with E-state index in [9.17, 15) is 9.59 Å². The van der Waals surface area contributed by atoms with Gasteiger partial charge in [0.25, 0.3) is 0 Å². The van der Waals surface area contributed by atoms with Crippen LogP contribution < -0.4 is 10.6 Å². The van der Waals surface area contributed by atoms with Gasteiger partial charge < -0.3 is 20.1 Å². The van der Waals surface area contributed by atoms with Crippen molar-refractivity contribution < 1.29 is 19.1 Å². The highest BCUT2D eigenvalue weighted by Crippen LogP contribution is 2.20. The molecule has 1 amide bonds. The van der Waals surface area contributed by atoms with Gasteiger partial charge in [0.05, 0.1) is 6.61 Å². The summed E-state index contributed by atoms with van der Waals surface area (Å²) in [5.74, 6) is -0.244. The van der Waals surface area contributed by atoms with Gasteiger partial charge in [-0.2, -0.15) is 0 Å². The van der Waals surface area contributed by atoms with Crippen molar-refractivity contribution in [3.8, 4) is 0 Å². The third-order valence-corrected chi connectivity index (χ3v) is 3.80. The van der Waals surface area contributed by atoms with Gasteiger partial charge in [-0.1, -0.05) is 30.3 Å². The number of carbonyl (C=O) groups excluding carboxylic acids is 2. The Morgan fingerprint density at radius 2 is 1.87 bits per heavy atom. The van der Waals surface area contributed by atoms with Crippen LogP contribution in [0.3, 0.4) is 0 Å². The van der Waals surface area contributed by atoms with Crippen molar-refractivity contribution in [2.75, 3.05) is 6.61 Å². The highest BCUT2D eigenvalue weighted by Gasteiger charge is 2.32. The zero-order valence-corrected chi connectivity index (χ0v) is 13.6. The minimum Gasteiger partial charge on any atom is -0.465 e. The van der Waals surface area contributed by atoms with Crippen LogP contribution >= 0.6 is 0 Å². The molecule has 0 saturated heterocycles. The van der Waals surface area contributed by atoms with Gasteiger partial charge in [0.2, 0.25) is 0 Å². The maximum absolute atomic E-state index is 11.7. The van der Waals surface area contributed by atoms with E-state index < -0.39 is 6.09 Å². The highest BCUT2D eigenvalue weighted by molar-refractivity contribution is 5.75. The first-order valence-corrected chi connectivity index (χ1v) is 7.98. The number of rotatable bonds is 7. The van der Waals surface area contributed by atoms with Crippen molar-refractivity contribution in [1.82, 2.24) is 10.6 Å². The molecule has 1 atom stereocenters. The molecule has 23 heavy (non-hydrogen) atoms. The van der Waals surface area contributed by atoms with E-state index in [-0.39, 0.29) is 30.7 Å². The molecule has 0 radical (unpaired) electrons. The van der Waals surface area contributed by atoms with Crippen LogP contribution in [0.4, 0.5) is 4.79 Å². The summed E-state index contributed by atoms with van der Waals surface area (Å²) in [6.07, 6.45) is 1.16. The number of carbonyl (C=O) groups is 2. The number of nitrogens with one attached hydrogen (secondary N) is 2. The van der Waals surface area contributed by atoms with E-state index in [4.69, 9.17) is 9.47 Å². The van der Waals surface area contributed by atoms with E-state index in [0.29, 0.717) is 6.61 Å². The first kappa shape index (κ1) is 17.3. The van der Waals surface area contributed by atoms with Gasteiger partial charge in [0.1, 0.15) is 12.6 Å². The fourth-order valence-electron chi connectivity index (χ4n) is 2.49. The Morgan fingerprint density at radius 3 is 2.52 bits per heavy atom. The molecule has 0 aliphatic heterocycles. The second-order valence-corrected chi connectivity index (χ2v) is 5.71. The summed E-state index contributed by atoms with van der Waals surface area (Å²) in [7, 11) is 0. The number of esters is 1. The van der Waals surface area contributed by atoms with Crippen molar-refractivity contribution in [3.63, 3.8) is 0 Å². The molecule has 0 heterocycles. The van der Waals surface area contributed by atoms with Gasteiger partial charge in [0, 0.05) is 12.1 Å². The van der Waals surface area contributed by atoms with Gasteiger partial charge in [-0.25, -0.2) is 4.79 Å². The minimum absolute atomic E-state index is 0.0881. The maximum atomic E-state index is 11.7. The quantitative estimate of drug-likeness (QED) is 0.751. The summed E-state index contributed by atoms with van der Waals surface area (Å²) in [4.78, 5) is 23.2. The molecule has 2 N–H and O–H groups in total. The summed E-state index contributed by atoms with van der Waals surface area (Å²) in [6, 6.07) is 9.53. The van der Waals surface area contributed by atoms with Crippen LogP contribution in [0.2, 0.25) is 0 Å². The molecular formula is C17H24N2O4. The van der Waals surface area contributed by atoms with E-state index in [2.05, 4.69) is 10.6 Å². The van der Waals surface area contributed by atoms with E-state index in [1.54, 1.807) is 13.8 Å². The van der Waals surface area contributed by atoms with Gasteiger partial charge in [-0.3, -0.25) is 4.79 Å². The second-order valence-electron chi connectivity index (χ2n) is 5.71. The monoisotopic (exact) mass is 320 g/mol. The molecule has 6 nitrogen and oxygen atoms in total. The van der Waals surface area contributed by atoms with E-state index in [0.717, 1.165) is 18.4 Å². The maximum Gasteiger partial charge on any atom is 0.407 e. The summed E-state index contributed by atoms with van der Waals surface area (Å²) in [5, 5.41) is 6.02. The van der Waals surface area contributed by atoms with Crippen LogP contribution in [0.5, 0.6) is 0 Å². The van der Waals surface area contributed by atoms with Gasteiger partial charge in [0.15, 0.2) is 0 Å². The lowest BCUT2D eigenvalue weighted by molar-refractivity contribution is -0.145. The molecule has 1 unspecified atom stereocenters. The van der Waals surface area contributed by atoms with E-state index >= 15 is 0 Å². The smallest absolute Gasteiger partial charge is 0.407 e. The molecule has 1 fully saturated rings. The Kier molecular flexibility index (Phi) is 6.40. The van der Waals surface area contributed by atoms with Gasteiger partial charge >= 0.3 is 12.1 Å². The van der Waals surface area contributed by atoms with E-state index in [1.807, 2.05) is 30.3 Å². The Labute approximate surface area is 136 Å². The predicted octanol–water partition coefficient (Wildman–Crippen LogP) is 1.98. The topological polar surface area (TPSA) is 76.7 Å². The molecule has 1 aliphatic carbocycles. The summed E-state index contributed by atoms with van der Waals surface area (Å²) in [5.41, 5.74) is 0.957. The number of amides is 1. The Hall–Kier alpha value is -2.08. The first-order valence-electron chi connectivity index (χ1n) is 7.98. The lowest BCUT2D eigenvalue weighted by atomic mass is 9.86. The predicted molar refractivity (Wildman–Crippen MR) is 85.8 cm³/mol.